The molecule has 3 rings (SSSR count). The van der Waals surface area contributed by atoms with Crippen molar-refractivity contribution >= 4 is 27.3 Å². The van der Waals surface area contributed by atoms with E-state index in [0.717, 1.165) is 47.1 Å². The zero-order valence-corrected chi connectivity index (χ0v) is 19.2. The van der Waals surface area contributed by atoms with Gasteiger partial charge in [0.15, 0.2) is 11.5 Å². The molecule has 0 aliphatic carbocycles. The minimum absolute atomic E-state index is 0.00208. The van der Waals surface area contributed by atoms with Gasteiger partial charge in [-0.2, -0.15) is 0 Å². The van der Waals surface area contributed by atoms with E-state index in [9.17, 15) is 0 Å². The zero-order valence-electron chi connectivity index (χ0n) is 16.8. The molecule has 2 heterocycles. The maximum Gasteiger partial charge on any atom is 0.231 e. The third-order valence-corrected chi connectivity index (χ3v) is 6.62. The summed E-state index contributed by atoms with van der Waals surface area (Å²) in [6.07, 6.45) is 5.90. The largest absolute Gasteiger partial charge is 0.481 e. The number of benzene rings is 1. The highest BCUT2D eigenvalue weighted by Crippen LogP contribution is 2.43. The number of rotatable bonds is 12. The fraction of sp³-hybridized carbons (Fsp3) is 0.545. The van der Waals surface area contributed by atoms with E-state index in [2.05, 4.69) is 46.8 Å². The Labute approximate surface area is 180 Å². The summed E-state index contributed by atoms with van der Waals surface area (Å²) in [5.74, 6) is 2.24. The van der Waals surface area contributed by atoms with Crippen LogP contribution in [0.5, 0.6) is 17.2 Å². The molecule has 0 saturated carbocycles. The highest BCUT2D eigenvalue weighted by Gasteiger charge is 2.23. The molecule has 1 aliphatic rings. The second-order valence-electron chi connectivity index (χ2n) is 7.08. The van der Waals surface area contributed by atoms with Crippen molar-refractivity contribution in [3.05, 3.63) is 39.0 Å². The molecular weight excluding hydrogens is 438 g/mol. The Hall–Kier alpha value is -1.24. The van der Waals surface area contributed by atoms with E-state index in [-0.39, 0.29) is 12.9 Å². The van der Waals surface area contributed by atoms with Crippen LogP contribution in [0, 0.1) is 0 Å². The van der Waals surface area contributed by atoms with E-state index in [1.54, 1.807) is 11.3 Å². The molecule has 0 bridgehead atoms. The van der Waals surface area contributed by atoms with E-state index >= 15 is 0 Å². The monoisotopic (exact) mass is 467 g/mol. The summed E-state index contributed by atoms with van der Waals surface area (Å²) in [4.78, 5) is 3.82. The van der Waals surface area contributed by atoms with Gasteiger partial charge in [-0.3, -0.25) is 0 Å². The third kappa shape index (κ3) is 5.88. The minimum atomic E-state index is -0.00208. The number of thiophene rings is 1. The molecule has 1 aromatic heterocycles. The molecule has 4 nitrogen and oxygen atoms in total. The van der Waals surface area contributed by atoms with Gasteiger partial charge in [0.1, 0.15) is 6.10 Å². The Balaban J connectivity index is 1.71. The summed E-state index contributed by atoms with van der Waals surface area (Å²) in [5, 5.41) is 0. The second-order valence-corrected chi connectivity index (χ2v) is 9.57. The SMILES string of the molecule is CCCCN(CCCC)CCC(Oc1cccc2c1OCO2)c1ccc(Br)s1. The normalized spacial score (nSPS) is 13.9. The van der Waals surface area contributed by atoms with E-state index < -0.39 is 0 Å². The van der Waals surface area contributed by atoms with Crippen molar-refractivity contribution in [1.82, 2.24) is 4.90 Å². The van der Waals surface area contributed by atoms with Crippen molar-refractivity contribution in [3.8, 4) is 17.2 Å². The summed E-state index contributed by atoms with van der Waals surface area (Å²) in [6, 6.07) is 10.1. The molecule has 1 atom stereocenters. The lowest BCUT2D eigenvalue weighted by atomic mass is 10.1. The van der Waals surface area contributed by atoms with Gasteiger partial charge in [0.2, 0.25) is 12.5 Å². The van der Waals surface area contributed by atoms with Gasteiger partial charge in [0, 0.05) is 17.8 Å². The van der Waals surface area contributed by atoms with Crippen molar-refractivity contribution < 1.29 is 14.2 Å². The van der Waals surface area contributed by atoms with Gasteiger partial charge < -0.3 is 19.1 Å². The summed E-state index contributed by atoms with van der Waals surface area (Å²) in [7, 11) is 0. The van der Waals surface area contributed by atoms with Gasteiger partial charge in [-0.05, 0) is 66.1 Å². The maximum absolute atomic E-state index is 6.47. The molecule has 6 heteroatoms. The number of hydrogen-bond acceptors (Lipinski definition) is 5. The topological polar surface area (TPSA) is 30.9 Å². The first-order chi connectivity index (χ1) is 13.7. The first-order valence-corrected chi connectivity index (χ1v) is 11.8. The van der Waals surface area contributed by atoms with Crippen LogP contribution >= 0.6 is 27.3 Å². The molecule has 0 radical (unpaired) electrons. The Morgan fingerprint density at radius 1 is 1.07 bits per heavy atom. The smallest absolute Gasteiger partial charge is 0.231 e. The molecule has 1 aliphatic heterocycles. The summed E-state index contributed by atoms with van der Waals surface area (Å²) in [6.45, 7) is 8.12. The van der Waals surface area contributed by atoms with Crippen LogP contribution in [0.15, 0.2) is 34.1 Å². The van der Waals surface area contributed by atoms with Crippen LogP contribution in [0.25, 0.3) is 0 Å². The van der Waals surface area contributed by atoms with E-state index in [4.69, 9.17) is 14.2 Å². The highest BCUT2D eigenvalue weighted by molar-refractivity contribution is 9.11. The molecule has 1 aromatic carbocycles. The number of fused-ring (bicyclic) bond motifs is 1. The quantitative estimate of drug-likeness (QED) is 0.349. The summed E-state index contributed by atoms with van der Waals surface area (Å²) >= 11 is 5.33. The lowest BCUT2D eigenvalue weighted by molar-refractivity contribution is 0.148. The maximum atomic E-state index is 6.47. The summed E-state index contributed by atoms with van der Waals surface area (Å²) in [5.41, 5.74) is 0. The molecular formula is C22H30BrNO3S. The first-order valence-electron chi connectivity index (χ1n) is 10.2. The average molecular weight is 468 g/mol. The number of para-hydroxylation sites is 1. The third-order valence-electron chi connectivity index (χ3n) is 4.90. The first kappa shape index (κ1) is 21.5. The van der Waals surface area contributed by atoms with Gasteiger partial charge in [-0.25, -0.2) is 0 Å². The second kappa shape index (κ2) is 11.1. The van der Waals surface area contributed by atoms with E-state index in [1.165, 1.54) is 30.6 Å². The summed E-state index contributed by atoms with van der Waals surface area (Å²) < 4.78 is 18.7. The number of hydrogen-bond donors (Lipinski definition) is 0. The van der Waals surface area contributed by atoms with Gasteiger partial charge in [-0.15, -0.1) is 11.3 Å². The van der Waals surface area contributed by atoms with Gasteiger partial charge in [0.25, 0.3) is 0 Å². The molecule has 0 N–H and O–H groups in total. The van der Waals surface area contributed by atoms with E-state index in [1.807, 2.05) is 18.2 Å². The van der Waals surface area contributed by atoms with Crippen molar-refractivity contribution in [1.29, 1.82) is 0 Å². The Bertz CT molecular complexity index is 728. The van der Waals surface area contributed by atoms with Crippen molar-refractivity contribution in [3.63, 3.8) is 0 Å². The molecule has 0 fully saturated rings. The standard InChI is InChI=1S/C22H30BrNO3S/c1-3-5-13-24(14-6-4-2)15-12-17(20-10-11-21(23)28-20)27-19-9-7-8-18-22(19)26-16-25-18/h7-11,17H,3-6,12-16H2,1-2H3. The van der Waals surface area contributed by atoms with Crippen molar-refractivity contribution in [2.45, 2.75) is 52.1 Å². The van der Waals surface area contributed by atoms with Crippen LogP contribution in [-0.2, 0) is 0 Å². The minimum Gasteiger partial charge on any atom is -0.481 e. The molecule has 1 unspecified atom stereocenters. The molecule has 2 aromatic rings. The van der Waals surface area contributed by atoms with Crippen molar-refractivity contribution in [2.24, 2.45) is 0 Å². The molecule has 0 amide bonds. The average Bonchev–Trinajstić information content (AvgIpc) is 3.35. The molecule has 28 heavy (non-hydrogen) atoms. The predicted octanol–water partition coefficient (Wildman–Crippen LogP) is 6.65. The van der Waals surface area contributed by atoms with Gasteiger partial charge in [-0.1, -0.05) is 32.8 Å². The highest BCUT2D eigenvalue weighted by atomic mass is 79.9. The van der Waals surface area contributed by atoms with Crippen molar-refractivity contribution in [2.75, 3.05) is 26.4 Å². The molecule has 154 valence electrons. The van der Waals surface area contributed by atoms with Crippen LogP contribution in [0.4, 0.5) is 0 Å². The Morgan fingerprint density at radius 3 is 2.54 bits per heavy atom. The molecule has 0 spiro atoms. The number of halogens is 1. The Kier molecular flexibility index (Phi) is 8.49. The van der Waals surface area contributed by atoms with Crippen LogP contribution in [0.1, 0.15) is 56.9 Å². The number of unbranched alkanes of at least 4 members (excludes halogenated alkanes) is 2. The fourth-order valence-corrected chi connectivity index (χ4v) is 4.80. The zero-order chi connectivity index (χ0) is 19.8. The van der Waals surface area contributed by atoms with Gasteiger partial charge >= 0.3 is 0 Å². The number of nitrogens with zero attached hydrogens (tertiary/aromatic N) is 1. The lowest BCUT2D eigenvalue weighted by Gasteiger charge is -2.25. The van der Waals surface area contributed by atoms with Crippen LogP contribution in [-0.4, -0.2) is 31.3 Å². The van der Waals surface area contributed by atoms with Gasteiger partial charge in [0.05, 0.1) is 3.79 Å². The molecule has 0 saturated heterocycles. The predicted molar refractivity (Wildman–Crippen MR) is 119 cm³/mol. The van der Waals surface area contributed by atoms with Crippen LogP contribution < -0.4 is 14.2 Å². The Morgan fingerprint density at radius 2 is 1.86 bits per heavy atom. The lowest BCUT2D eigenvalue weighted by Crippen LogP contribution is -2.29. The van der Waals surface area contributed by atoms with Crippen LogP contribution in [0.2, 0.25) is 0 Å². The van der Waals surface area contributed by atoms with Crippen LogP contribution in [0.3, 0.4) is 0 Å². The van der Waals surface area contributed by atoms with E-state index in [0.29, 0.717) is 0 Å². The number of ether oxygens (including phenoxy) is 3. The fourth-order valence-electron chi connectivity index (χ4n) is 3.31.